The van der Waals surface area contributed by atoms with Gasteiger partial charge in [0, 0.05) is 37.6 Å². The van der Waals surface area contributed by atoms with Crippen LogP contribution in [0.15, 0.2) is 51.9 Å². The van der Waals surface area contributed by atoms with E-state index in [0.29, 0.717) is 18.1 Å². The molecule has 1 amide bonds. The van der Waals surface area contributed by atoms with Crippen molar-refractivity contribution in [2.24, 2.45) is 9.98 Å². The molecule has 2 heterocycles. The third kappa shape index (κ3) is 5.50. The van der Waals surface area contributed by atoms with Crippen LogP contribution in [-0.2, 0) is 4.79 Å². The van der Waals surface area contributed by atoms with E-state index in [1.807, 2.05) is 26.8 Å². The van der Waals surface area contributed by atoms with Crippen molar-refractivity contribution in [3.05, 3.63) is 47.4 Å². The standard InChI is InChI=1S/C24H33N7O/c1-6-19-14-30(5)9-10-31(19)20-7-8-22(16(2)11-20)29-24(27-15-32)21(25)12-23-18(4)28-17(3)13-26-23/h7-8,11-13,15,19,25-26H,6,9-10,14H2,1-5H3,(H,27,29,32)/b23-12-,25-21?. The maximum atomic E-state index is 11.2. The Morgan fingerprint density at radius 3 is 2.78 bits per heavy atom. The van der Waals surface area contributed by atoms with Crippen molar-refractivity contribution in [2.75, 3.05) is 31.6 Å². The molecule has 0 bridgehead atoms. The van der Waals surface area contributed by atoms with Gasteiger partial charge < -0.3 is 20.4 Å². The van der Waals surface area contributed by atoms with Crippen molar-refractivity contribution in [2.45, 2.75) is 40.2 Å². The number of nitrogens with one attached hydrogen (secondary N) is 3. The number of hydrogen-bond acceptors (Lipinski definition) is 7. The number of amides is 1. The Hall–Kier alpha value is -3.26. The average molecular weight is 436 g/mol. The Bertz CT molecular complexity index is 1010. The van der Waals surface area contributed by atoms with Crippen LogP contribution in [0.1, 0.15) is 32.8 Å². The van der Waals surface area contributed by atoms with Gasteiger partial charge in [0.15, 0.2) is 5.84 Å². The third-order valence-electron chi connectivity index (χ3n) is 5.81. The average Bonchev–Trinajstić information content (AvgIpc) is 2.76. The molecule has 0 aliphatic carbocycles. The highest BCUT2D eigenvalue weighted by Crippen LogP contribution is 2.28. The Balaban J connectivity index is 1.85. The van der Waals surface area contributed by atoms with Crippen LogP contribution < -0.4 is 15.5 Å². The second kappa shape index (κ2) is 10.4. The summed E-state index contributed by atoms with van der Waals surface area (Å²) in [6, 6.07) is 6.66. The van der Waals surface area contributed by atoms with Crippen molar-refractivity contribution < 1.29 is 4.79 Å². The number of rotatable bonds is 6. The molecule has 3 rings (SSSR count). The van der Waals surface area contributed by atoms with Crippen LogP contribution in [0.25, 0.3) is 0 Å². The first-order chi connectivity index (χ1) is 15.3. The predicted molar refractivity (Wildman–Crippen MR) is 132 cm³/mol. The fourth-order valence-corrected chi connectivity index (χ4v) is 3.99. The van der Waals surface area contributed by atoms with E-state index in [-0.39, 0.29) is 11.5 Å². The van der Waals surface area contributed by atoms with E-state index in [1.54, 1.807) is 12.3 Å². The van der Waals surface area contributed by atoms with E-state index in [4.69, 9.17) is 5.41 Å². The number of aryl methyl sites for hydroxylation is 1. The molecule has 0 spiro atoms. The van der Waals surface area contributed by atoms with Gasteiger partial charge in [-0.05, 0) is 64.1 Å². The minimum atomic E-state index is 0.0932. The molecule has 1 saturated heterocycles. The molecule has 0 aromatic heterocycles. The van der Waals surface area contributed by atoms with Gasteiger partial charge in [-0.3, -0.25) is 15.2 Å². The van der Waals surface area contributed by atoms with Crippen LogP contribution in [0.3, 0.4) is 0 Å². The molecule has 2 aliphatic rings. The lowest BCUT2D eigenvalue weighted by Crippen LogP contribution is -2.51. The molecule has 1 aromatic carbocycles. The highest BCUT2D eigenvalue weighted by atomic mass is 16.1. The lowest BCUT2D eigenvalue weighted by molar-refractivity contribution is -0.108. The molecule has 1 fully saturated rings. The van der Waals surface area contributed by atoms with Gasteiger partial charge in [-0.1, -0.05) is 6.92 Å². The maximum Gasteiger partial charge on any atom is 0.212 e. The zero-order valence-corrected chi connectivity index (χ0v) is 19.6. The van der Waals surface area contributed by atoms with Crippen molar-refractivity contribution in [3.63, 3.8) is 0 Å². The summed E-state index contributed by atoms with van der Waals surface area (Å²) in [6.07, 6.45) is 5.04. The van der Waals surface area contributed by atoms with Crippen molar-refractivity contribution >= 4 is 35.0 Å². The molecule has 32 heavy (non-hydrogen) atoms. The van der Waals surface area contributed by atoms with Gasteiger partial charge in [-0.15, -0.1) is 0 Å². The molecule has 1 unspecified atom stereocenters. The van der Waals surface area contributed by atoms with E-state index < -0.39 is 0 Å². The number of likely N-dealkylation sites (N-methyl/N-ethyl adjacent to an activating group) is 1. The van der Waals surface area contributed by atoms with E-state index >= 15 is 0 Å². The predicted octanol–water partition coefficient (Wildman–Crippen LogP) is 3.13. The maximum absolute atomic E-state index is 11.2. The summed E-state index contributed by atoms with van der Waals surface area (Å²) in [5.74, 6) is 0.190. The lowest BCUT2D eigenvalue weighted by Gasteiger charge is -2.41. The van der Waals surface area contributed by atoms with Crippen molar-refractivity contribution in [1.82, 2.24) is 15.5 Å². The third-order valence-corrected chi connectivity index (χ3v) is 5.81. The molecular formula is C24H33N7O. The molecule has 1 aromatic rings. The first kappa shape index (κ1) is 23.4. The number of nitrogens with zero attached hydrogens (tertiary/aromatic N) is 4. The quantitative estimate of drug-likeness (QED) is 0.363. The van der Waals surface area contributed by atoms with E-state index in [9.17, 15) is 4.79 Å². The van der Waals surface area contributed by atoms with Crippen LogP contribution in [0, 0.1) is 12.3 Å². The fourth-order valence-electron chi connectivity index (χ4n) is 3.99. The monoisotopic (exact) mass is 435 g/mol. The number of benzene rings is 1. The second-order valence-electron chi connectivity index (χ2n) is 8.31. The SMILES string of the molecule is CCC1CN(C)CCN1c1ccc(/N=C(\NC=O)C(=N)/C=C2\NC=C(C)N=C2C)c(C)c1. The van der Waals surface area contributed by atoms with Gasteiger partial charge in [0.1, 0.15) is 0 Å². The number of carbonyl (C=O) groups excluding carboxylic acids is 1. The van der Waals surface area contributed by atoms with Crippen molar-refractivity contribution in [3.8, 4) is 0 Å². The normalized spacial score (nSPS) is 21.0. The molecule has 1 atom stereocenters. The number of allylic oxidation sites excluding steroid dienone is 2. The van der Waals surface area contributed by atoms with Crippen molar-refractivity contribution in [1.29, 1.82) is 5.41 Å². The summed E-state index contributed by atoms with van der Waals surface area (Å²) >= 11 is 0. The number of anilines is 1. The molecule has 3 N–H and O–H groups in total. The summed E-state index contributed by atoms with van der Waals surface area (Å²) in [5, 5.41) is 14.2. The minimum absolute atomic E-state index is 0.0932. The van der Waals surface area contributed by atoms with Crippen LogP contribution in [0.2, 0.25) is 0 Å². The fraction of sp³-hybridized carbons (Fsp3) is 0.417. The summed E-state index contributed by atoms with van der Waals surface area (Å²) in [6.45, 7) is 11.1. The molecular weight excluding hydrogens is 402 g/mol. The van der Waals surface area contributed by atoms with Gasteiger partial charge in [0.2, 0.25) is 6.41 Å². The number of carbonyl (C=O) groups is 1. The number of piperazine rings is 1. The number of hydrogen-bond donors (Lipinski definition) is 3. The van der Waals surface area contributed by atoms with Crippen LogP contribution in [0.5, 0.6) is 0 Å². The first-order valence-corrected chi connectivity index (χ1v) is 11.0. The lowest BCUT2D eigenvalue weighted by atomic mass is 10.1. The Morgan fingerprint density at radius 1 is 1.34 bits per heavy atom. The van der Waals surface area contributed by atoms with Crippen LogP contribution in [0.4, 0.5) is 11.4 Å². The van der Waals surface area contributed by atoms with Crippen LogP contribution in [-0.4, -0.2) is 61.3 Å². The Kier molecular flexibility index (Phi) is 7.58. The Labute approximate surface area is 190 Å². The number of aliphatic imine (C=N–C) groups is 2. The van der Waals surface area contributed by atoms with Gasteiger partial charge in [-0.2, -0.15) is 0 Å². The molecule has 0 saturated carbocycles. The van der Waals surface area contributed by atoms with Gasteiger partial charge in [-0.25, -0.2) is 4.99 Å². The summed E-state index contributed by atoms with van der Waals surface area (Å²) < 4.78 is 0. The topological polar surface area (TPSA) is 96.2 Å². The van der Waals surface area contributed by atoms with E-state index in [2.05, 4.69) is 56.5 Å². The van der Waals surface area contributed by atoms with Gasteiger partial charge in [0.05, 0.1) is 28.5 Å². The smallest absolute Gasteiger partial charge is 0.212 e. The molecule has 8 heteroatoms. The molecule has 170 valence electrons. The van der Waals surface area contributed by atoms with E-state index in [0.717, 1.165) is 48.7 Å². The van der Waals surface area contributed by atoms with Gasteiger partial charge >= 0.3 is 0 Å². The Morgan fingerprint density at radius 2 is 2.12 bits per heavy atom. The zero-order chi connectivity index (χ0) is 23.3. The molecule has 0 radical (unpaired) electrons. The molecule has 2 aliphatic heterocycles. The summed E-state index contributed by atoms with van der Waals surface area (Å²) in [4.78, 5) is 25.0. The summed E-state index contributed by atoms with van der Waals surface area (Å²) in [7, 11) is 2.17. The molecule has 8 nitrogen and oxygen atoms in total. The largest absolute Gasteiger partial charge is 0.366 e. The number of amidine groups is 1. The van der Waals surface area contributed by atoms with Crippen LogP contribution >= 0.6 is 0 Å². The second-order valence-corrected chi connectivity index (χ2v) is 8.31. The minimum Gasteiger partial charge on any atom is -0.366 e. The van der Waals surface area contributed by atoms with Gasteiger partial charge in [0.25, 0.3) is 0 Å². The summed E-state index contributed by atoms with van der Waals surface area (Å²) in [5.41, 5.74) is 5.34. The first-order valence-electron chi connectivity index (χ1n) is 11.0. The highest BCUT2D eigenvalue weighted by molar-refractivity contribution is 6.46. The van der Waals surface area contributed by atoms with E-state index in [1.165, 1.54) is 5.69 Å². The highest BCUT2D eigenvalue weighted by Gasteiger charge is 2.24. The zero-order valence-electron chi connectivity index (χ0n) is 19.6.